The first-order chi connectivity index (χ1) is 13.9. The molecule has 0 atom stereocenters. The second-order valence-electron chi connectivity index (χ2n) is 6.38. The number of halogens is 3. The zero-order valence-electron chi connectivity index (χ0n) is 14.5. The molecular formula is C20H11F3N2O4. The van der Waals surface area contributed by atoms with Crippen molar-refractivity contribution in [3.8, 4) is 39.8 Å². The van der Waals surface area contributed by atoms with Crippen LogP contribution in [0.3, 0.4) is 0 Å². The zero-order chi connectivity index (χ0) is 20.2. The molecule has 29 heavy (non-hydrogen) atoms. The Labute approximate surface area is 161 Å². The molecule has 3 heterocycles. The molecule has 0 bridgehead atoms. The highest BCUT2D eigenvalue weighted by Gasteiger charge is 2.36. The number of alkyl halides is 3. The predicted molar refractivity (Wildman–Crippen MR) is 95.5 cm³/mol. The van der Waals surface area contributed by atoms with Crippen molar-refractivity contribution in [2.45, 2.75) is 6.18 Å². The third kappa shape index (κ3) is 2.91. The lowest BCUT2D eigenvalue weighted by Crippen LogP contribution is -2.07. The van der Waals surface area contributed by atoms with Crippen LogP contribution in [-0.2, 0) is 6.18 Å². The van der Waals surface area contributed by atoms with Crippen molar-refractivity contribution in [3.05, 3.63) is 54.1 Å². The summed E-state index contributed by atoms with van der Waals surface area (Å²) in [5.41, 5.74) is -0.308. The third-order valence-corrected chi connectivity index (χ3v) is 4.56. The van der Waals surface area contributed by atoms with Crippen LogP contribution >= 0.6 is 0 Å². The van der Waals surface area contributed by atoms with E-state index in [4.69, 9.17) is 14.0 Å². The molecule has 0 aliphatic carbocycles. The van der Waals surface area contributed by atoms with Gasteiger partial charge in [-0.3, -0.25) is 0 Å². The molecule has 1 aliphatic rings. The first-order valence-electron chi connectivity index (χ1n) is 8.47. The summed E-state index contributed by atoms with van der Waals surface area (Å²) in [5.74, 6) is 0.918. The fourth-order valence-electron chi connectivity index (χ4n) is 3.20. The number of benzene rings is 2. The Balaban J connectivity index is 1.73. The van der Waals surface area contributed by atoms with Gasteiger partial charge in [-0.2, -0.15) is 13.2 Å². The van der Waals surface area contributed by atoms with E-state index in [1.807, 2.05) is 0 Å². The molecule has 6 nitrogen and oxygen atoms in total. The zero-order valence-corrected chi connectivity index (χ0v) is 14.5. The van der Waals surface area contributed by atoms with Crippen molar-refractivity contribution >= 4 is 11.1 Å². The molecule has 2 aromatic carbocycles. The molecule has 0 unspecified atom stereocenters. The van der Waals surface area contributed by atoms with Crippen molar-refractivity contribution in [1.29, 1.82) is 0 Å². The summed E-state index contributed by atoms with van der Waals surface area (Å²) in [6.07, 6.45) is -4.66. The minimum atomic E-state index is -4.66. The number of ether oxygens (including phenoxy) is 2. The number of aromatic nitrogens is 2. The van der Waals surface area contributed by atoms with E-state index >= 15 is 0 Å². The van der Waals surface area contributed by atoms with Gasteiger partial charge in [0.25, 0.3) is 5.71 Å². The molecule has 0 fully saturated rings. The van der Waals surface area contributed by atoms with Crippen molar-refractivity contribution in [1.82, 2.24) is 10.1 Å². The molecule has 4 aromatic rings. The van der Waals surface area contributed by atoms with E-state index in [-0.39, 0.29) is 35.0 Å². The average molecular weight is 400 g/mol. The topological polar surface area (TPSA) is 77.6 Å². The van der Waals surface area contributed by atoms with Crippen LogP contribution in [0.2, 0.25) is 0 Å². The Morgan fingerprint density at radius 3 is 2.38 bits per heavy atom. The number of nitrogens with zero attached hydrogens (tertiary/aromatic N) is 2. The normalized spacial score (nSPS) is 13.2. The van der Waals surface area contributed by atoms with Gasteiger partial charge in [-0.1, -0.05) is 5.16 Å². The largest absolute Gasteiger partial charge is 0.508 e. The maximum absolute atomic E-state index is 13.9. The first kappa shape index (κ1) is 17.4. The van der Waals surface area contributed by atoms with E-state index in [2.05, 4.69) is 10.1 Å². The third-order valence-electron chi connectivity index (χ3n) is 4.56. The van der Waals surface area contributed by atoms with E-state index in [0.29, 0.717) is 22.6 Å². The molecule has 0 saturated heterocycles. The summed E-state index contributed by atoms with van der Waals surface area (Å²) in [5, 5.41) is 13.0. The van der Waals surface area contributed by atoms with Gasteiger partial charge in [0.2, 0.25) is 6.79 Å². The van der Waals surface area contributed by atoms with Gasteiger partial charge in [-0.25, -0.2) is 4.98 Å². The monoisotopic (exact) mass is 400 g/mol. The van der Waals surface area contributed by atoms with Crippen LogP contribution in [0.5, 0.6) is 17.2 Å². The highest BCUT2D eigenvalue weighted by atomic mass is 19.4. The standard InChI is InChI=1S/C20H11F3N2O4/c21-20(22,23)13-8-14(10-1-4-12(26)5-2-10)24-19-17(13)18(25-29-19)11-3-6-15-16(7-11)28-9-27-15/h1-8,26H,9H2. The summed E-state index contributed by atoms with van der Waals surface area (Å²) < 4.78 is 57.4. The van der Waals surface area contributed by atoms with Crippen LogP contribution in [0, 0.1) is 0 Å². The Morgan fingerprint density at radius 2 is 1.62 bits per heavy atom. The molecular weight excluding hydrogens is 389 g/mol. The molecule has 146 valence electrons. The molecule has 1 N–H and O–H groups in total. The lowest BCUT2D eigenvalue weighted by Gasteiger charge is -2.11. The summed E-state index contributed by atoms with van der Waals surface area (Å²) in [4.78, 5) is 4.20. The number of hydrogen-bond donors (Lipinski definition) is 1. The Morgan fingerprint density at radius 1 is 0.897 bits per heavy atom. The number of fused-ring (bicyclic) bond motifs is 2. The van der Waals surface area contributed by atoms with Gasteiger partial charge in [0.1, 0.15) is 11.4 Å². The van der Waals surface area contributed by atoms with Gasteiger partial charge >= 0.3 is 6.18 Å². The molecule has 5 rings (SSSR count). The second kappa shape index (κ2) is 6.13. The maximum atomic E-state index is 13.9. The maximum Gasteiger partial charge on any atom is 0.417 e. The SMILES string of the molecule is Oc1ccc(-c2cc(C(F)(F)F)c3c(-c4ccc5c(c4)OCO5)noc3n2)cc1. The van der Waals surface area contributed by atoms with Crippen molar-refractivity contribution in [2.24, 2.45) is 0 Å². The van der Waals surface area contributed by atoms with Crippen LogP contribution in [-0.4, -0.2) is 22.0 Å². The Hall–Kier alpha value is -3.75. The molecule has 0 amide bonds. The first-order valence-corrected chi connectivity index (χ1v) is 8.47. The fourth-order valence-corrected chi connectivity index (χ4v) is 3.20. The van der Waals surface area contributed by atoms with E-state index < -0.39 is 11.7 Å². The number of aromatic hydroxyl groups is 1. The number of phenolic OH excluding ortho intramolecular Hbond substituents is 1. The van der Waals surface area contributed by atoms with Crippen molar-refractivity contribution < 1.29 is 32.3 Å². The van der Waals surface area contributed by atoms with E-state index in [1.165, 1.54) is 24.3 Å². The van der Waals surface area contributed by atoms with Gasteiger partial charge < -0.3 is 19.1 Å². The smallest absolute Gasteiger partial charge is 0.417 e. The van der Waals surface area contributed by atoms with E-state index in [9.17, 15) is 18.3 Å². The second-order valence-corrected chi connectivity index (χ2v) is 6.38. The lowest BCUT2D eigenvalue weighted by atomic mass is 10.0. The summed E-state index contributed by atoms with van der Waals surface area (Å²) in [6, 6.07) is 11.4. The molecule has 0 saturated carbocycles. The average Bonchev–Trinajstić information content (AvgIpc) is 3.33. The van der Waals surface area contributed by atoms with Gasteiger partial charge in [0.15, 0.2) is 11.5 Å². The summed E-state index contributed by atoms with van der Waals surface area (Å²) in [6.45, 7) is 0.0453. The summed E-state index contributed by atoms with van der Waals surface area (Å²) >= 11 is 0. The van der Waals surface area contributed by atoms with Crippen molar-refractivity contribution in [2.75, 3.05) is 6.79 Å². The van der Waals surface area contributed by atoms with Crippen LogP contribution in [0.4, 0.5) is 13.2 Å². The van der Waals surface area contributed by atoms with Gasteiger partial charge in [-0.05, 0) is 48.5 Å². The quantitative estimate of drug-likeness (QED) is 0.510. The van der Waals surface area contributed by atoms with Crippen LogP contribution in [0.1, 0.15) is 5.56 Å². The fraction of sp³-hybridized carbons (Fsp3) is 0.100. The molecule has 0 radical (unpaired) electrons. The molecule has 0 spiro atoms. The van der Waals surface area contributed by atoms with Gasteiger partial charge in [0.05, 0.1) is 16.6 Å². The molecule has 2 aromatic heterocycles. The highest BCUT2D eigenvalue weighted by Crippen LogP contribution is 2.43. The molecule has 9 heteroatoms. The van der Waals surface area contributed by atoms with Gasteiger partial charge in [0, 0.05) is 11.1 Å². The van der Waals surface area contributed by atoms with Crippen LogP contribution in [0.25, 0.3) is 33.6 Å². The van der Waals surface area contributed by atoms with Crippen LogP contribution in [0.15, 0.2) is 53.1 Å². The predicted octanol–water partition coefficient (Wildman–Crippen LogP) is 5.01. The minimum Gasteiger partial charge on any atom is -0.508 e. The van der Waals surface area contributed by atoms with E-state index in [1.54, 1.807) is 18.2 Å². The lowest BCUT2D eigenvalue weighted by molar-refractivity contribution is -0.136. The van der Waals surface area contributed by atoms with Crippen molar-refractivity contribution in [3.63, 3.8) is 0 Å². The van der Waals surface area contributed by atoms with Gasteiger partial charge in [-0.15, -0.1) is 0 Å². The molecule has 1 aliphatic heterocycles. The van der Waals surface area contributed by atoms with E-state index in [0.717, 1.165) is 6.07 Å². The minimum absolute atomic E-state index is 0.00404. The Bertz CT molecular complexity index is 1230. The number of phenols is 1. The highest BCUT2D eigenvalue weighted by molar-refractivity contribution is 5.94. The number of rotatable bonds is 2. The Kier molecular flexibility index (Phi) is 3.67. The number of hydrogen-bond acceptors (Lipinski definition) is 6. The number of pyridine rings is 1. The van der Waals surface area contributed by atoms with Crippen LogP contribution < -0.4 is 9.47 Å². The summed E-state index contributed by atoms with van der Waals surface area (Å²) in [7, 11) is 0.